The number of esters is 2. The zero-order chi connectivity index (χ0) is 54.5. The molecule has 0 aliphatic heterocycles. The molecule has 3 N–H and O–H groups in total. The number of rotatable bonds is 49. The Morgan fingerprint density at radius 1 is 0.400 bits per heavy atom. The molecule has 0 bridgehead atoms. The number of unbranched alkanes of at least 4 members (excludes halogenated alkanes) is 4. The van der Waals surface area contributed by atoms with Crippen LogP contribution in [-0.4, -0.2) is 49.3 Å². The molecule has 2 unspecified atom stereocenters. The Morgan fingerprint density at radius 2 is 0.707 bits per heavy atom. The van der Waals surface area contributed by atoms with Crippen LogP contribution in [0.4, 0.5) is 0 Å². The summed E-state index contributed by atoms with van der Waals surface area (Å²) in [6, 6.07) is 0. The quantitative estimate of drug-likeness (QED) is 0.0264. The normalized spacial score (nSPS) is 14.6. The van der Waals surface area contributed by atoms with E-state index in [0.29, 0.717) is 19.3 Å². The first-order valence-corrected chi connectivity index (χ1v) is 29.4. The fourth-order valence-corrected chi connectivity index (χ4v) is 7.20. The molecule has 0 spiro atoms. The summed E-state index contributed by atoms with van der Waals surface area (Å²) in [7, 11) is -4.42. The number of carbonyl (C=O) groups excluding carboxylic acids is 2. The fraction of sp³-hybridized carbons (Fsp3) is 0.477. The van der Waals surface area contributed by atoms with Gasteiger partial charge in [-0.3, -0.25) is 18.6 Å². The van der Waals surface area contributed by atoms with Crippen molar-refractivity contribution in [2.24, 2.45) is 5.73 Å². The van der Waals surface area contributed by atoms with Crippen LogP contribution in [0.3, 0.4) is 0 Å². The van der Waals surface area contributed by atoms with Crippen molar-refractivity contribution >= 4 is 19.8 Å². The number of hydrogen-bond acceptors (Lipinski definition) is 8. The lowest BCUT2D eigenvalue weighted by Crippen LogP contribution is -2.29. The van der Waals surface area contributed by atoms with Gasteiger partial charge in [-0.15, -0.1) is 0 Å². The Balaban J connectivity index is 4.19. The Morgan fingerprint density at radius 3 is 1.04 bits per heavy atom. The van der Waals surface area contributed by atoms with E-state index in [1.807, 2.05) is 6.08 Å². The molecule has 0 fully saturated rings. The van der Waals surface area contributed by atoms with Crippen LogP contribution in [0.5, 0.6) is 0 Å². The van der Waals surface area contributed by atoms with Crippen molar-refractivity contribution in [3.63, 3.8) is 0 Å². The Kier molecular flexibility index (Phi) is 54.1. The van der Waals surface area contributed by atoms with Gasteiger partial charge in [-0.1, -0.05) is 215 Å². The van der Waals surface area contributed by atoms with Gasteiger partial charge >= 0.3 is 19.8 Å². The molecule has 416 valence electrons. The lowest BCUT2D eigenvalue weighted by Gasteiger charge is -2.19. The molecule has 0 heterocycles. The van der Waals surface area contributed by atoms with E-state index >= 15 is 0 Å². The third-order valence-electron chi connectivity index (χ3n) is 10.5. The van der Waals surface area contributed by atoms with Crippen LogP contribution in [-0.2, 0) is 32.7 Å². The number of ether oxygens (including phenoxy) is 2. The van der Waals surface area contributed by atoms with Crippen molar-refractivity contribution in [2.45, 2.75) is 174 Å². The van der Waals surface area contributed by atoms with E-state index in [1.165, 1.54) is 0 Å². The number of nitrogens with two attached hydrogens (primary N) is 1. The van der Waals surface area contributed by atoms with E-state index in [0.717, 1.165) is 122 Å². The van der Waals surface area contributed by atoms with E-state index < -0.39 is 32.5 Å². The molecule has 2 atom stereocenters. The molecule has 75 heavy (non-hydrogen) atoms. The zero-order valence-electron chi connectivity index (χ0n) is 46.2. The number of phosphoric ester groups is 1. The maximum Gasteiger partial charge on any atom is 0.472 e. The van der Waals surface area contributed by atoms with E-state index in [2.05, 4.69) is 202 Å². The highest BCUT2D eigenvalue weighted by atomic mass is 31.2. The molecule has 0 saturated heterocycles. The molecular formula is C65H98NO8P. The molecule has 10 heteroatoms. The highest BCUT2D eigenvalue weighted by molar-refractivity contribution is 7.47. The molecular weight excluding hydrogens is 954 g/mol. The largest absolute Gasteiger partial charge is 0.472 e. The Bertz CT molecular complexity index is 1920. The van der Waals surface area contributed by atoms with Crippen molar-refractivity contribution in [1.29, 1.82) is 0 Å². The summed E-state index contributed by atoms with van der Waals surface area (Å²) in [5.74, 6) is -0.956. The third-order valence-corrected chi connectivity index (χ3v) is 11.5. The van der Waals surface area contributed by atoms with Gasteiger partial charge in [0.1, 0.15) is 6.61 Å². The van der Waals surface area contributed by atoms with Gasteiger partial charge in [0.15, 0.2) is 6.10 Å². The summed E-state index contributed by atoms with van der Waals surface area (Å²) >= 11 is 0. The number of hydrogen-bond donors (Lipinski definition) is 2. The predicted molar refractivity (Wildman–Crippen MR) is 320 cm³/mol. The van der Waals surface area contributed by atoms with Gasteiger partial charge in [0.05, 0.1) is 13.2 Å². The molecule has 0 amide bonds. The first-order chi connectivity index (χ1) is 36.8. The van der Waals surface area contributed by atoms with Gasteiger partial charge in [-0.05, 0) is 135 Å². The molecule has 0 rings (SSSR count). The molecule has 9 nitrogen and oxygen atoms in total. The molecule has 0 radical (unpaired) electrons. The lowest BCUT2D eigenvalue weighted by molar-refractivity contribution is -0.161. The molecule has 0 saturated carbocycles. The van der Waals surface area contributed by atoms with Crippen molar-refractivity contribution in [3.05, 3.63) is 194 Å². The van der Waals surface area contributed by atoms with Gasteiger partial charge in [0, 0.05) is 19.4 Å². The maximum absolute atomic E-state index is 12.7. The Labute approximate surface area is 456 Å². The van der Waals surface area contributed by atoms with Crippen molar-refractivity contribution in [3.8, 4) is 0 Å². The average molecular weight is 1050 g/mol. The second-order valence-electron chi connectivity index (χ2n) is 17.3. The standard InChI is InChI=1S/C65H98NO8P/c1-3-5-7-9-11-13-15-17-19-21-22-23-24-25-26-27-28-29-30-31-32-33-34-35-36-37-38-39-40-42-44-46-48-50-52-54-56-58-65(68)74-63(62-73-75(69,70)72-60-59-66)61-71-64(67)57-55-53-51-49-47-45-43-41-20-18-16-14-12-10-8-6-4-2/h5-8,11-14,17-20,22-23,25-26,28-29,31-32,34-35,37-38,40,42-43,45-46,48-49,51,63H,3-4,9-10,15-16,21,24,27,30,33,36,39,41,44,47,50,52-62,66H2,1-2H3,(H,69,70)/b7-5-,8-6-,13-11-,14-12-,19-17-,20-18-,23-22-,26-25-,29-28-,32-31-,35-34-,38-37-,42-40-,45-43-,48-46-,51-49-. The average Bonchev–Trinajstić information content (AvgIpc) is 3.40. The van der Waals surface area contributed by atoms with E-state index in [4.69, 9.17) is 24.3 Å². The number of phosphoric acid groups is 1. The molecule has 0 aliphatic rings. The van der Waals surface area contributed by atoms with Gasteiger partial charge in [-0.2, -0.15) is 0 Å². The zero-order valence-corrected chi connectivity index (χ0v) is 47.1. The second kappa shape index (κ2) is 58.1. The van der Waals surface area contributed by atoms with Gasteiger partial charge in [0.2, 0.25) is 0 Å². The second-order valence-corrected chi connectivity index (χ2v) is 18.8. The minimum Gasteiger partial charge on any atom is -0.462 e. The van der Waals surface area contributed by atoms with E-state index in [9.17, 15) is 19.0 Å². The smallest absolute Gasteiger partial charge is 0.462 e. The van der Waals surface area contributed by atoms with Gasteiger partial charge in [0.25, 0.3) is 0 Å². The van der Waals surface area contributed by atoms with Gasteiger partial charge < -0.3 is 20.1 Å². The minimum atomic E-state index is -4.42. The number of allylic oxidation sites excluding steroid dienone is 32. The highest BCUT2D eigenvalue weighted by Gasteiger charge is 2.26. The molecule has 0 aliphatic carbocycles. The lowest BCUT2D eigenvalue weighted by atomic mass is 10.1. The molecule has 0 aromatic rings. The van der Waals surface area contributed by atoms with Crippen molar-refractivity contribution in [1.82, 2.24) is 0 Å². The topological polar surface area (TPSA) is 134 Å². The highest BCUT2D eigenvalue weighted by Crippen LogP contribution is 2.43. The summed E-state index contributed by atoms with van der Waals surface area (Å²) in [6.45, 7) is 3.36. The Hall–Kier alpha value is -5.15. The summed E-state index contributed by atoms with van der Waals surface area (Å²) in [4.78, 5) is 35.1. The van der Waals surface area contributed by atoms with Gasteiger partial charge in [-0.25, -0.2) is 4.57 Å². The van der Waals surface area contributed by atoms with E-state index in [-0.39, 0.29) is 32.6 Å². The van der Waals surface area contributed by atoms with Crippen molar-refractivity contribution in [2.75, 3.05) is 26.4 Å². The monoisotopic (exact) mass is 1050 g/mol. The van der Waals surface area contributed by atoms with Crippen LogP contribution >= 0.6 is 7.82 Å². The summed E-state index contributed by atoms with van der Waals surface area (Å²) in [5.41, 5.74) is 5.36. The van der Waals surface area contributed by atoms with Crippen LogP contribution in [0.1, 0.15) is 168 Å². The third kappa shape index (κ3) is 58.0. The summed E-state index contributed by atoms with van der Waals surface area (Å²) < 4.78 is 32.8. The van der Waals surface area contributed by atoms with E-state index in [1.54, 1.807) is 0 Å². The van der Waals surface area contributed by atoms with Crippen LogP contribution in [0.2, 0.25) is 0 Å². The first kappa shape index (κ1) is 69.8. The van der Waals surface area contributed by atoms with Crippen molar-refractivity contribution < 1.29 is 37.6 Å². The van der Waals surface area contributed by atoms with Crippen LogP contribution in [0, 0.1) is 0 Å². The molecule has 0 aromatic heterocycles. The predicted octanol–water partition coefficient (Wildman–Crippen LogP) is 17.8. The summed E-state index contributed by atoms with van der Waals surface area (Å²) in [6.07, 6.45) is 89.2. The minimum absolute atomic E-state index is 0.0283. The maximum atomic E-state index is 12.7. The van der Waals surface area contributed by atoms with Crippen LogP contribution in [0.15, 0.2) is 194 Å². The SMILES string of the molecule is CC/C=C\C/C=C\C/C=C\C/C=C\C/C=C\C/C=C\C/C=C\C/C=C\C/C=C\C/C=C\C/C=C\CCCCCC(=O)OC(COC(=O)CCC/C=C\C/C=C\C/C=C\C/C=C\C/C=C\CC)COP(=O)(O)OCCN. The summed E-state index contributed by atoms with van der Waals surface area (Å²) in [5, 5.41) is 0. The fourth-order valence-electron chi connectivity index (χ4n) is 6.44. The van der Waals surface area contributed by atoms with Crippen LogP contribution in [0.25, 0.3) is 0 Å². The first-order valence-electron chi connectivity index (χ1n) is 27.9. The molecule has 0 aromatic carbocycles. The number of carbonyl (C=O) groups is 2. The van der Waals surface area contributed by atoms with Crippen LogP contribution < -0.4 is 5.73 Å².